The minimum atomic E-state index is -4.65. The van der Waals surface area contributed by atoms with Crippen molar-refractivity contribution < 1.29 is 36.6 Å². The van der Waals surface area contributed by atoms with Crippen LogP contribution in [0.5, 0.6) is 5.88 Å². The maximum absolute atomic E-state index is 13.5. The van der Waals surface area contributed by atoms with Gasteiger partial charge in [-0.1, -0.05) is 12.8 Å². The molecule has 0 aromatic carbocycles. The van der Waals surface area contributed by atoms with Crippen molar-refractivity contribution in [3.8, 4) is 11.9 Å². The summed E-state index contributed by atoms with van der Waals surface area (Å²) in [5, 5.41) is 30.4. The summed E-state index contributed by atoms with van der Waals surface area (Å²) < 4.78 is 72.9. The second-order valence-corrected chi connectivity index (χ2v) is 10.1. The second kappa shape index (κ2) is 11.9. The summed E-state index contributed by atoms with van der Waals surface area (Å²) in [6, 6.07) is 3.71. The van der Waals surface area contributed by atoms with Crippen molar-refractivity contribution in [2.75, 3.05) is 23.8 Å². The quantitative estimate of drug-likeness (QED) is 0.326. The van der Waals surface area contributed by atoms with E-state index in [1.54, 1.807) is 6.07 Å². The Morgan fingerprint density at radius 3 is 2.69 bits per heavy atom. The first-order chi connectivity index (χ1) is 20.0. The lowest BCUT2D eigenvalue weighted by Gasteiger charge is -2.28. The zero-order chi connectivity index (χ0) is 30.0. The summed E-state index contributed by atoms with van der Waals surface area (Å²) in [7, 11) is 0. The molecule has 0 spiro atoms. The number of pyridine rings is 1. The molecule has 1 saturated carbocycles. The molecule has 5 rings (SSSR count). The van der Waals surface area contributed by atoms with E-state index in [0.717, 1.165) is 18.9 Å². The van der Waals surface area contributed by atoms with Crippen molar-refractivity contribution in [2.45, 2.75) is 69.3 Å². The number of ether oxygens (including phenoxy) is 1. The molecule has 1 aliphatic carbocycles. The molecule has 4 heterocycles. The number of likely N-dealkylation sites (tertiary alicyclic amines) is 1. The van der Waals surface area contributed by atoms with Gasteiger partial charge in [0.15, 0.2) is 17.9 Å². The van der Waals surface area contributed by atoms with Crippen LogP contribution >= 0.6 is 0 Å². The molecule has 3 aromatic heterocycles. The lowest BCUT2D eigenvalue weighted by Crippen LogP contribution is -2.44. The third kappa shape index (κ3) is 6.15. The number of alkyl halides is 5. The fourth-order valence-electron chi connectivity index (χ4n) is 5.24. The number of aliphatic hydroxyl groups excluding tert-OH is 1. The molecule has 1 aliphatic heterocycles. The van der Waals surface area contributed by atoms with Crippen LogP contribution in [0.2, 0.25) is 0 Å². The average molecular weight is 595 g/mol. The van der Waals surface area contributed by atoms with E-state index in [4.69, 9.17) is 4.74 Å². The Hall–Kier alpha value is -4.26. The number of amides is 1. The number of carbonyl (C=O) groups excluding carboxylic acids is 1. The fourth-order valence-corrected chi connectivity index (χ4v) is 5.24. The van der Waals surface area contributed by atoms with Crippen molar-refractivity contribution in [2.24, 2.45) is 0 Å². The van der Waals surface area contributed by atoms with Gasteiger partial charge in [-0.15, -0.1) is 5.10 Å². The number of rotatable bonds is 8. The van der Waals surface area contributed by atoms with E-state index < -0.39 is 48.7 Å². The van der Waals surface area contributed by atoms with Crippen molar-refractivity contribution in [3.05, 3.63) is 35.7 Å². The molecule has 224 valence electrons. The average Bonchev–Trinajstić information content (AvgIpc) is 3.61. The number of nitrogens with zero attached hydrogens (tertiary/aromatic N) is 6. The van der Waals surface area contributed by atoms with E-state index in [0.29, 0.717) is 23.6 Å². The Kier molecular flexibility index (Phi) is 8.30. The van der Waals surface area contributed by atoms with Gasteiger partial charge in [-0.25, -0.2) is 13.8 Å². The number of nitrogens with one attached hydrogen (secondary N) is 2. The first-order valence-electron chi connectivity index (χ1n) is 13.4. The first-order valence-corrected chi connectivity index (χ1v) is 13.4. The highest BCUT2D eigenvalue weighted by molar-refractivity contribution is 5.97. The number of imidazole rings is 1. The van der Waals surface area contributed by atoms with Crippen LogP contribution in [0, 0.1) is 11.3 Å². The Balaban J connectivity index is 1.48. The third-order valence-corrected chi connectivity index (χ3v) is 7.24. The Labute approximate surface area is 236 Å². The fraction of sp³-hybridized carbons (Fsp3) is 0.500. The normalized spacial score (nSPS) is 21.0. The first kappa shape index (κ1) is 29.2. The zero-order valence-corrected chi connectivity index (χ0v) is 22.1. The number of aromatic nitrogens is 4. The second-order valence-electron chi connectivity index (χ2n) is 10.1. The van der Waals surface area contributed by atoms with Crippen molar-refractivity contribution in [1.82, 2.24) is 24.5 Å². The molecule has 3 atom stereocenters. The van der Waals surface area contributed by atoms with Crippen LogP contribution in [-0.4, -0.2) is 79.4 Å². The molecule has 11 nitrogen and oxygen atoms in total. The number of aliphatic hydroxyl groups is 1. The third-order valence-electron chi connectivity index (χ3n) is 7.24. The van der Waals surface area contributed by atoms with Gasteiger partial charge in [-0.2, -0.15) is 27.9 Å². The van der Waals surface area contributed by atoms with E-state index in [1.165, 1.54) is 16.8 Å². The number of anilines is 3. The molecule has 1 saturated heterocycles. The van der Waals surface area contributed by atoms with Gasteiger partial charge in [-0.05, 0) is 37.8 Å². The molecule has 2 fully saturated rings. The van der Waals surface area contributed by atoms with E-state index in [9.17, 15) is 37.1 Å². The number of nitriles is 1. The molecule has 0 radical (unpaired) electrons. The van der Waals surface area contributed by atoms with Gasteiger partial charge in [0, 0.05) is 12.6 Å². The lowest BCUT2D eigenvalue weighted by molar-refractivity contribution is -0.169. The van der Waals surface area contributed by atoms with Gasteiger partial charge < -0.3 is 25.4 Å². The number of halogens is 5. The number of hydrogen-bond donors (Lipinski definition) is 3. The van der Waals surface area contributed by atoms with Crippen LogP contribution in [0.1, 0.15) is 54.6 Å². The van der Waals surface area contributed by atoms with Gasteiger partial charge in [0.05, 0.1) is 24.0 Å². The van der Waals surface area contributed by atoms with Crippen LogP contribution in [0.4, 0.5) is 39.3 Å². The number of carbonyl (C=O) groups is 1. The molecule has 16 heteroatoms. The summed E-state index contributed by atoms with van der Waals surface area (Å²) in [6.07, 6.45) is -3.88. The standard InChI is InChI=1S/C26H27F5N8O3/c27-20(28)13-42-24-15(25(41)38-9-3-6-19(38)26(29,30)31)7-8-21(36-24)35-17-10-22(34-16-4-1-2-5-18(16)40)37-39-14(11-32)12-33-23(17)39/h7-8,10,12,16,18-20,40H,1-6,9,13H2,(H,34,37)(H,35,36)/t16-,18-,19?/m1/s1. The van der Waals surface area contributed by atoms with Crippen LogP contribution in [-0.2, 0) is 0 Å². The van der Waals surface area contributed by atoms with Crippen LogP contribution in [0.3, 0.4) is 0 Å². The highest BCUT2D eigenvalue weighted by Crippen LogP contribution is 2.35. The number of hydrogen-bond acceptors (Lipinski definition) is 9. The molecule has 1 unspecified atom stereocenters. The zero-order valence-electron chi connectivity index (χ0n) is 22.1. The monoisotopic (exact) mass is 594 g/mol. The minimum absolute atomic E-state index is 0.00266. The molecule has 3 aromatic rings. The van der Waals surface area contributed by atoms with Crippen LogP contribution < -0.4 is 15.4 Å². The van der Waals surface area contributed by atoms with Crippen LogP contribution in [0.15, 0.2) is 24.4 Å². The minimum Gasteiger partial charge on any atom is -0.471 e. The van der Waals surface area contributed by atoms with E-state index in [2.05, 4.69) is 25.7 Å². The highest BCUT2D eigenvalue weighted by atomic mass is 19.4. The molecular formula is C26H27F5N8O3. The molecular weight excluding hydrogens is 567 g/mol. The van der Waals surface area contributed by atoms with Gasteiger partial charge in [0.2, 0.25) is 5.88 Å². The predicted molar refractivity (Wildman–Crippen MR) is 139 cm³/mol. The maximum Gasteiger partial charge on any atom is 0.408 e. The lowest BCUT2D eigenvalue weighted by atomic mass is 9.92. The largest absolute Gasteiger partial charge is 0.471 e. The number of fused-ring (bicyclic) bond motifs is 1. The highest BCUT2D eigenvalue weighted by Gasteiger charge is 2.48. The molecule has 2 aliphatic rings. The van der Waals surface area contributed by atoms with Gasteiger partial charge in [-0.3, -0.25) is 4.79 Å². The maximum atomic E-state index is 13.5. The summed E-state index contributed by atoms with van der Waals surface area (Å²) >= 11 is 0. The predicted octanol–water partition coefficient (Wildman–Crippen LogP) is 4.27. The molecule has 0 bridgehead atoms. The van der Waals surface area contributed by atoms with Crippen molar-refractivity contribution >= 4 is 28.9 Å². The van der Waals surface area contributed by atoms with E-state index in [1.807, 2.05) is 6.07 Å². The summed E-state index contributed by atoms with van der Waals surface area (Å²) in [5.74, 6) is -1.29. The van der Waals surface area contributed by atoms with Crippen molar-refractivity contribution in [3.63, 3.8) is 0 Å². The van der Waals surface area contributed by atoms with Gasteiger partial charge in [0.25, 0.3) is 12.3 Å². The SMILES string of the molecule is N#Cc1cnc2c(Nc3ccc(C(=O)N4CCCC4C(F)(F)F)c(OCC(F)F)n3)cc(N[C@@H]3CCCC[C@H]3O)nn12. The Morgan fingerprint density at radius 1 is 1.19 bits per heavy atom. The van der Waals surface area contributed by atoms with E-state index in [-0.39, 0.29) is 48.3 Å². The van der Waals surface area contributed by atoms with Crippen LogP contribution in [0.25, 0.3) is 5.65 Å². The summed E-state index contributed by atoms with van der Waals surface area (Å²) in [4.78, 5) is 22.1. The Morgan fingerprint density at radius 2 is 1.98 bits per heavy atom. The molecule has 42 heavy (non-hydrogen) atoms. The Bertz CT molecular complexity index is 1490. The molecule has 3 N–H and O–H groups in total. The summed E-state index contributed by atoms with van der Waals surface area (Å²) in [6.45, 7) is -1.29. The van der Waals surface area contributed by atoms with Crippen molar-refractivity contribution in [1.29, 1.82) is 5.26 Å². The van der Waals surface area contributed by atoms with E-state index >= 15 is 0 Å². The smallest absolute Gasteiger partial charge is 0.408 e. The van der Waals surface area contributed by atoms with Gasteiger partial charge in [0.1, 0.15) is 29.3 Å². The topological polar surface area (TPSA) is 141 Å². The molecule has 1 amide bonds. The van der Waals surface area contributed by atoms with Gasteiger partial charge >= 0.3 is 6.18 Å². The summed E-state index contributed by atoms with van der Waals surface area (Å²) in [5.41, 5.74) is 0.213.